The van der Waals surface area contributed by atoms with E-state index < -0.39 is 0 Å². The van der Waals surface area contributed by atoms with Gasteiger partial charge in [-0.05, 0) is 36.6 Å². The third-order valence-electron chi connectivity index (χ3n) is 2.46. The van der Waals surface area contributed by atoms with Gasteiger partial charge in [0.15, 0.2) is 0 Å². The van der Waals surface area contributed by atoms with E-state index in [0.717, 1.165) is 24.8 Å². The number of methoxy groups -OCH3 is 1. The average molecular weight is 253 g/mol. The molecule has 0 N–H and O–H groups in total. The van der Waals surface area contributed by atoms with Gasteiger partial charge in [-0.2, -0.15) is 0 Å². The van der Waals surface area contributed by atoms with Gasteiger partial charge in [-0.25, -0.2) is 4.79 Å². The molecule has 1 rings (SSSR count). The van der Waals surface area contributed by atoms with Gasteiger partial charge < -0.3 is 4.74 Å². The molecule has 0 saturated carbocycles. The summed E-state index contributed by atoms with van der Waals surface area (Å²) < 4.78 is 4.77. The number of carbonyl (C=O) groups excluding carboxylic acids is 1. The van der Waals surface area contributed by atoms with Crippen molar-refractivity contribution in [2.24, 2.45) is 0 Å². The molecule has 2 nitrogen and oxygen atoms in total. The first-order chi connectivity index (χ1) is 8.17. The monoisotopic (exact) mass is 252 g/mol. The number of hydrogen-bond donors (Lipinski definition) is 0. The molecular formula is C14H17ClO2. The highest BCUT2D eigenvalue weighted by Crippen LogP contribution is 2.16. The van der Waals surface area contributed by atoms with Crippen LogP contribution in [0.15, 0.2) is 29.8 Å². The highest BCUT2D eigenvalue weighted by molar-refractivity contribution is 6.30. The van der Waals surface area contributed by atoms with E-state index >= 15 is 0 Å². The lowest BCUT2D eigenvalue weighted by atomic mass is 10.1. The van der Waals surface area contributed by atoms with Crippen LogP contribution in [0.25, 0.3) is 6.08 Å². The lowest BCUT2D eigenvalue weighted by molar-refractivity contribution is -0.136. The number of rotatable bonds is 5. The van der Waals surface area contributed by atoms with E-state index in [4.69, 9.17) is 16.3 Å². The summed E-state index contributed by atoms with van der Waals surface area (Å²) >= 11 is 5.81. The number of halogens is 1. The van der Waals surface area contributed by atoms with Crippen LogP contribution in [0.2, 0.25) is 5.02 Å². The molecule has 0 atom stereocenters. The molecule has 0 unspecified atom stereocenters. The predicted octanol–water partition coefficient (Wildman–Crippen LogP) is 4.09. The molecular weight excluding hydrogens is 236 g/mol. The fourth-order valence-electron chi connectivity index (χ4n) is 1.49. The van der Waals surface area contributed by atoms with Gasteiger partial charge in [-0.3, -0.25) is 0 Å². The highest BCUT2D eigenvalue weighted by atomic mass is 35.5. The first-order valence-electron chi connectivity index (χ1n) is 5.71. The summed E-state index contributed by atoms with van der Waals surface area (Å²) in [5.41, 5.74) is 1.67. The number of esters is 1. The number of benzene rings is 1. The zero-order valence-electron chi connectivity index (χ0n) is 10.2. The van der Waals surface area contributed by atoms with Gasteiger partial charge in [0, 0.05) is 10.6 Å². The van der Waals surface area contributed by atoms with Crippen molar-refractivity contribution in [1.82, 2.24) is 0 Å². The first kappa shape index (κ1) is 13.8. The van der Waals surface area contributed by atoms with Crippen LogP contribution in [0, 0.1) is 0 Å². The molecule has 0 radical (unpaired) electrons. The fourth-order valence-corrected chi connectivity index (χ4v) is 1.62. The van der Waals surface area contributed by atoms with Gasteiger partial charge in [-0.15, -0.1) is 0 Å². The number of hydrogen-bond acceptors (Lipinski definition) is 2. The number of carbonyl (C=O) groups is 1. The van der Waals surface area contributed by atoms with Crippen molar-refractivity contribution >= 4 is 23.6 Å². The Kier molecular flexibility index (Phi) is 5.78. The summed E-state index contributed by atoms with van der Waals surface area (Å²) in [5, 5.41) is 0.690. The van der Waals surface area contributed by atoms with E-state index in [9.17, 15) is 4.79 Å². The molecule has 0 saturated heterocycles. The topological polar surface area (TPSA) is 26.3 Å². The summed E-state index contributed by atoms with van der Waals surface area (Å²) in [5.74, 6) is -0.256. The van der Waals surface area contributed by atoms with E-state index in [1.807, 2.05) is 30.3 Å². The molecule has 92 valence electrons. The maximum absolute atomic E-state index is 11.6. The maximum atomic E-state index is 11.6. The minimum absolute atomic E-state index is 0.256. The van der Waals surface area contributed by atoms with Crippen LogP contribution in [-0.4, -0.2) is 13.1 Å². The molecule has 0 fully saturated rings. The van der Waals surface area contributed by atoms with Gasteiger partial charge in [-0.1, -0.05) is 37.1 Å². The normalized spacial score (nSPS) is 11.4. The smallest absolute Gasteiger partial charge is 0.333 e. The lowest BCUT2D eigenvalue weighted by Crippen LogP contribution is -2.04. The molecule has 0 aliphatic rings. The molecule has 0 spiro atoms. The third kappa shape index (κ3) is 4.61. The zero-order valence-corrected chi connectivity index (χ0v) is 11.0. The SMILES string of the molecule is CCCC/C(=C/c1ccc(Cl)cc1)C(=O)OC. The van der Waals surface area contributed by atoms with Crippen molar-refractivity contribution in [2.75, 3.05) is 7.11 Å². The molecule has 1 aromatic carbocycles. The van der Waals surface area contributed by atoms with E-state index in [-0.39, 0.29) is 5.97 Å². The summed E-state index contributed by atoms with van der Waals surface area (Å²) in [4.78, 5) is 11.6. The predicted molar refractivity (Wildman–Crippen MR) is 71.0 cm³/mol. The molecule has 17 heavy (non-hydrogen) atoms. The Balaban J connectivity index is 2.87. The molecule has 0 heterocycles. The van der Waals surface area contributed by atoms with Crippen molar-refractivity contribution < 1.29 is 9.53 Å². The van der Waals surface area contributed by atoms with Crippen molar-refractivity contribution in [1.29, 1.82) is 0 Å². The van der Waals surface area contributed by atoms with E-state index in [1.54, 1.807) is 0 Å². The second-order valence-electron chi connectivity index (χ2n) is 3.82. The first-order valence-corrected chi connectivity index (χ1v) is 6.09. The Morgan fingerprint density at radius 3 is 2.53 bits per heavy atom. The van der Waals surface area contributed by atoms with Crippen LogP contribution < -0.4 is 0 Å². The second-order valence-corrected chi connectivity index (χ2v) is 4.25. The number of ether oxygens (including phenoxy) is 1. The molecule has 0 bridgehead atoms. The van der Waals surface area contributed by atoms with Crippen LogP contribution in [0.1, 0.15) is 31.7 Å². The van der Waals surface area contributed by atoms with Crippen LogP contribution in [0.3, 0.4) is 0 Å². The van der Waals surface area contributed by atoms with E-state index in [0.29, 0.717) is 10.6 Å². The van der Waals surface area contributed by atoms with Gasteiger partial charge >= 0.3 is 5.97 Å². The fraction of sp³-hybridized carbons (Fsp3) is 0.357. The Morgan fingerprint density at radius 1 is 1.35 bits per heavy atom. The lowest BCUT2D eigenvalue weighted by Gasteiger charge is -2.05. The van der Waals surface area contributed by atoms with Crippen molar-refractivity contribution in [3.8, 4) is 0 Å². The quantitative estimate of drug-likeness (QED) is 0.583. The van der Waals surface area contributed by atoms with Gasteiger partial charge in [0.2, 0.25) is 0 Å². The van der Waals surface area contributed by atoms with E-state index in [1.165, 1.54) is 7.11 Å². The van der Waals surface area contributed by atoms with E-state index in [2.05, 4.69) is 6.92 Å². The van der Waals surface area contributed by atoms with Crippen LogP contribution in [-0.2, 0) is 9.53 Å². The van der Waals surface area contributed by atoms with Crippen molar-refractivity contribution in [2.45, 2.75) is 26.2 Å². The molecule has 0 aliphatic heterocycles. The molecule has 0 amide bonds. The minimum Gasteiger partial charge on any atom is -0.466 e. The van der Waals surface area contributed by atoms with Gasteiger partial charge in [0.05, 0.1) is 7.11 Å². The van der Waals surface area contributed by atoms with Crippen molar-refractivity contribution in [3.63, 3.8) is 0 Å². The second kappa shape index (κ2) is 7.13. The summed E-state index contributed by atoms with van der Waals surface area (Å²) in [6.45, 7) is 2.09. The minimum atomic E-state index is -0.256. The van der Waals surface area contributed by atoms with Gasteiger partial charge in [0.1, 0.15) is 0 Å². The van der Waals surface area contributed by atoms with Crippen molar-refractivity contribution in [3.05, 3.63) is 40.4 Å². The van der Waals surface area contributed by atoms with Crippen LogP contribution >= 0.6 is 11.6 Å². The molecule has 0 aromatic heterocycles. The average Bonchev–Trinajstić information content (AvgIpc) is 2.36. The summed E-state index contributed by atoms with van der Waals surface area (Å²) in [6.07, 6.45) is 4.63. The van der Waals surface area contributed by atoms with Crippen LogP contribution in [0.5, 0.6) is 0 Å². The molecule has 3 heteroatoms. The molecule has 1 aromatic rings. The third-order valence-corrected chi connectivity index (χ3v) is 2.71. The van der Waals surface area contributed by atoms with Crippen LogP contribution in [0.4, 0.5) is 0 Å². The Bertz CT molecular complexity index is 393. The highest BCUT2D eigenvalue weighted by Gasteiger charge is 2.08. The Morgan fingerprint density at radius 2 is 2.00 bits per heavy atom. The Hall–Kier alpha value is -1.28. The number of unbranched alkanes of at least 4 members (excludes halogenated alkanes) is 1. The summed E-state index contributed by atoms with van der Waals surface area (Å²) in [7, 11) is 1.41. The molecule has 0 aliphatic carbocycles. The largest absolute Gasteiger partial charge is 0.466 e. The summed E-state index contributed by atoms with van der Waals surface area (Å²) in [6, 6.07) is 7.39. The zero-order chi connectivity index (χ0) is 12.7. The maximum Gasteiger partial charge on any atom is 0.333 e. The standard InChI is InChI=1S/C14H17ClO2/c1-3-4-5-12(14(16)17-2)10-11-6-8-13(15)9-7-11/h6-10H,3-5H2,1-2H3/b12-10-. The Labute approximate surface area is 107 Å². The van der Waals surface area contributed by atoms with Gasteiger partial charge in [0.25, 0.3) is 0 Å².